The van der Waals surface area contributed by atoms with E-state index in [2.05, 4.69) is 5.32 Å². The maximum absolute atomic E-state index is 12.3. The number of nitrogens with one attached hydrogen (secondary N) is 1. The van der Waals surface area contributed by atoms with Crippen LogP contribution in [0.25, 0.3) is 6.08 Å². The van der Waals surface area contributed by atoms with Gasteiger partial charge in [-0.15, -0.1) is 0 Å². The van der Waals surface area contributed by atoms with Gasteiger partial charge in [-0.1, -0.05) is 23.7 Å². The molecule has 0 atom stereocenters. The van der Waals surface area contributed by atoms with Crippen molar-refractivity contribution in [1.82, 2.24) is 0 Å². The topological polar surface area (TPSA) is 66.0 Å². The van der Waals surface area contributed by atoms with Crippen molar-refractivity contribution in [3.63, 3.8) is 0 Å². The van der Waals surface area contributed by atoms with E-state index in [1.165, 1.54) is 6.08 Å². The number of hydrogen-bond donors (Lipinski definition) is 1. The second-order valence-corrected chi connectivity index (χ2v) is 6.09. The molecule has 0 radical (unpaired) electrons. The SMILES string of the molecule is COCCOc1c(Cl)cccc1NC(=O)/C=C/c1ccc2c(c1)OCCO2. The Morgan fingerprint density at radius 2 is 2.00 bits per heavy atom. The number of carbonyl (C=O) groups is 1. The minimum absolute atomic E-state index is 0.302. The molecule has 0 fully saturated rings. The van der Waals surface area contributed by atoms with Crippen molar-refractivity contribution in [3.8, 4) is 17.2 Å². The first-order valence-corrected chi connectivity index (χ1v) is 8.84. The molecular formula is C20H20ClNO5. The van der Waals surface area contributed by atoms with Crippen LogP contribution in [-0.2, 0) is 9.53 Å². The number of ether oxygens (including phenoxy) is 4. The molecule has 1 amide bonds. The third-order valence-electron chi connectivity index (χ3n) is 3.75. The summed E-state index contributed by atoms with van der Waals surface area (Å²) in [5.41, 5.74) is 1.33. The van der Waals surface area contributed by atoms with Crippen LogP contribution in [0, 0.1) is 0 Å². The summed E-state index contributed by atoms with van der Waals surface area (Å²) in [4.78, 5) is 12.3. The molecule has 0 bridgehead atoms. The van der Waals surface area contributed by atoms with Gasteiger partial charge in [0.05, 0.1) is 17.3 Å². The van der Waals surface area contributed by atoms with Gasteiger partial charge in [0.2, 0.25) is 5.91 Å². The number of methoxy groups -OCH3 is 1. The first kappa shape index (κ1) is 19.1. The fourth-order valence-electron chi connectivity index (χ4n) is 2.49. The highest BCUT2D eigenvalue weighted by atomic mass is 35.5. The van der Waals surface area contributed by atoms with Crippen molar-refractivity contribution < 1.29 is 23.7 Å². The minimum atomic E-state index is -0.302. The van der Waals surface area contributed by atoms with E-state index in [1.54, 1.807) is 31.4 Å². The zero-order valence-electron chi connectivity index (χ0n) is 14.9. The summed E-state index contributed by atoms with van der Waals surface area (Å²) in [6.45, 7) is 1.80. The second kappa shape index (κ2) is 9.30. The van der Waals surface area contributed by atoms with Crippen molar-refractivity contribution in [3.05, 3.63) is 53.1 Å². The molecule has 0 spiro atoms. The molecule has 7 heteroatoms. The van der Waals surface area contributed by atoms with Crippen LogP contribution in [0.1, 0.15) is 5.56 Å². The van der Waals surface area contributed by atoms with Crippen molar-refractivity contribution in [2.24, 2.45) is 0 Å². The van der Waals surface area contributed by atoms with E-state index in [0.29, 0.717) is 54.4 Å². The first-order valence-electron chi connectivity index (χ1n) is 8.46. The third kappa shape index (κ3) is 5.15. The van der Waals surface area contributed by atoms with Crippen LogP contribution < -0.4 is 19.5 Å². The van der Waals surface area contributed by atoms with Crippen molar-refractivity contribution in [2.45, 2.75) is 0 Å². The summed E-state index contributed by atoms with van der Waals surface area (Å²) >= 11 is 6.17. The van der Waals surface area contributed by atoms with Crippen molar-refractivity contribution in [1.29, 1.82) is 0 Å². The Kier molecular flexibility index (Phi) is 6.57. The summed E-state index contributed by atoms with van der Waals surface area (Å²) in [6, 6.07) is 10.7. The Balaban J connectivity index is 1.67. The molecule has 2 aromatic carbocycles. The minimum Gasteiger partial charge on any atom is -0.487 e. The fourth-order valence-corrected chi connectivity index (χ4v) is 2.72. The normalized spacial score (nSPS) is 12.8. The average molecular weight is 390 g/mol. The molecule has 2 aromatic rings. The average Bonchev–Trinajstić information content (AvgIpc) is 2.68. The molecule has 1 aliphatic rings. The van der Waals surface area contributed by atoms with Crippen LogP contribution in [0.4, 0.5) is 5.69 Å². The predicted molar refractivity (Wildman–Crippen MR) is 104 cm³/mol. The number of benzene rings is 2. The number of rotatable bonds is 7. The number of hydrogen-bond acceptors (Lipinski definition) is 5. The lowest BCUT2D eigenvalue weighted by molar-refractivity contribution is -0.111. The summed E-state index contributed by atoms with van der Waals surface area (Å²) in [6.07, 6.45) is 3.13. The Morgan fingerprint density at radius 1 is 1.19 bits per heavy atom. The second-order valence-electron chi connectivity index (χ2n) is 5.68. The Hall–Kier alpha value is -2.70. The molecular weight excluding hydrogens is 370 g/mol. The molecule has 1 aliphatic heterocycles. The lowest BCUT2D eigenvalue weighted by Gasteiger charge is -2.18. The maximum atomic E-state index is 12.3. The van der Waals surface area contributed by atoms with E-state index < -0.39 is 0 Å². The van der Waals surface area contributed by atoms with Gasteiger partial charge in [0.15, 0.2) is 17.2 Å². The number of amides is 1. The summed E-state index contributed by atoms with van der Waals surface area (Å²) in [5.74, 6) is 1.49. The number of anilines is 1. The highest BCUT2D eigenvalue weighted by Crippen LogP contribution is 2.33. The van der Waals surface area contributed by atoms with E-state index in [9.17, 15) is 4.79 Å². The van der Waals surface area contributed by atoms with Crippen LogP contribution >= 0.6 is 11.6 Å². The molecule has 0 aromatic heterocycles. The lowest BCUT2D eigenvalue weighted by Crippen LogP contribution is -2.15. The van der Waals surface area contributed by atoms with Crippen molar-refractivity contribution in [2.75, 3.05) is 38.9 Å². The predicted octanol–water partition coefficient (Wildman–Crippen LogP) is 3.79. The van der Waals surface area contributed by atoms with Crippen LogP contribution in [0.2, 0.25) is 5.02 Å². The van der Waals surface area contributed by atoms with Gasteiger partial charge in [-0.05, 0) is 35.9 Å². The van der Waals surface area contributed by atoms with Gasteiger partial charge in [0, 0.05) is 13.2 Å². The van der Waals surface area contributed by atoms with Gasteiger partial charge in [0.1, 0.15) is 19.8 Å². The molecule has 27 heavy (non-hydrogen) atoms. The van der Waals surface area contributed by atoms with Gasteiger partial charge in [-0.25, -0.2) is 0 Å². The van der Waals surface area contributed by atoms with Gasteiger partial charge in [0.25, 0.3) is 0 Å². The Morgan fingerprint density at radius 3 is 2.81 bits per heavy atom. The van der Waals surface area contributed by atoms with E-state index >= 15 is 0 Å². The maximum Gasteiger partial charge on any atom is 0.248 e. The zero-order valence-corrected chi connectivity index (χ0v) is 15.6. The fraction of sp³-hybridized carbons (Fsp3) is 0.250. The molecule has 0 saturated heterocycles. The molecule has 0 aliphatic carbocycles. The van der Waals surface area contributed by atoms with Crippen LogP contribution in [-0.4, -0.2) is 39.4 Å². The van der Waals surface area contributed by atoms with Gasteiger partial charge >= 0.3 is 0 Å². The van der Waals surface area contributed by atoms with Crippen LogP contribution in [0.5, 0.6) is 17.2 Å². The van der Waals surface area contributed by atoms with Gasteiger partial charge < -0.3 is 24.3 Å². The van der Waals surface area contributed by atoms with Crippen molar-refractivity contribution >= 4 is 29.3 Å². The first-order chi connectivity index (χ1) is 13.2. The molecule has 0 unspecified atom stereocenters. The molecule has 1 heterocycles. The third-order valence-corrected chi connectivity index (χ3v) is 4.05. The molecule has 1 N–H and O–H groups in total. The Labute approximate surface area is 162 Å². The summed E-state index contributed by atoms with van der Waals surface area (Å²) < 4.78 is 21.6. The summed E-state index contributed by atoms with van der Waals surface area (Å²) in [5, 5.41) is 3.20. The largest absolute Gasteiger partial charge is 0.487 e. The van der Waals surface area contributed by atoms with E-state index in [1.807, 2.05) is 18.2 Å². The number of halogens is 1. The molecule has 0 saturated carbocycles. The van der Waals surface area contributed by atoms with Crippen LogP contribution in [0.3, 0.4) is 0 Å². The van der Waals surface area contributed by atoms with Crippen LogP contribution in [0.15, 0.2) is 42.5 Å². The zero-order chi connectivity index (χ0) is 19.1. The molecule has 3 rings (SSSR count). The Bertz CT molecular complexity index is 837. The van der Waals surface area contributed by atoms with E-state index in [4.69, 9.17) is 30.5 Å². The number of para-hydroxylation sites is 1. The van der Waals surface area contributed by atoms with Gasteiger partial charge in [-0.3, -0.25) is 4.79 Å². The van der Waals surface area contributed by atoms with E-state index in [-0.39, 0.29) is 5.91 Å². The highest BCUT2D eigenvalue weighted by Gasteiger charge is 2.12. The summed E-state index contributed by atoms with van der Waals surface area (Å²) in [7, 11) is 1.58. The quantitative estimate of drug-likeness (QED) is 0.576. The highest BCUT2D eigenvalue weighted by molar-refractivity contribution is 6.32. The number of carbonyl (C=O) groups excluding carboxylic acids is 1. The smallest absolute Gasteiger partial charge is 0.248 e. The lowest BCUT2D eigenvalue weighted by atomic mass is 10.2. The number of fused-ring (bicyclic) bond motifs is 1. The van der Waals surface area contributed by atoms with Gasteiger partial charge in [-0.2, -0.15) is 0 Å². The van der Waals surface area contributed by atoms with E-state index in [0.717, 1.165) is 5.56 Å². The molecule has 6 nitrogen and oxygen atoms in total. The monoisotopic (exact) mass is 389 g/mol. The standard InChI is InChI=1S/C20H20ClNO5/c1-24-9-10-27-20-15(21)3-2-4-16(20)22-19(23)8-6-14-5-7-17-18(13-14)26-12-11-25-17/h2-8,13H,9-12H2,1H3,(H,22,23)/b8-6+. The molecule has 142 valence electrons.